The van der Waals surface area contributed by atoms with Crippen molar-refractivity contribution in [2.45, 2.75) is 18.4 Å². The third kappa shape index (κ3) is 4.97. The van der Waals surface area contributed by atoms with Crippen molar-refractivity contribution in [3.05, 3.63) is 83.0 Å². The van der Waals surface area contributed by atoms with E-state index in [4.69, 9.17) is 21.1 Å². The molecule has 2 aromatic heterocycles. The number of benzene rings is 3. The smallest absolute Gasteiger partial charge is 0.334 e. The van der Waals surface area contributed by atoms with Crippen LogP contribution in [0.1, 0.15) is 23.2 Å². The van der Waals surface area contributed by atoms with Crippen LogP contribution < -0.4 is 4.74 Å². The summed E-state index contributed by atoms with van der Waals surface area (Å²) in [4.78, 5) is 36.1. The molecule has 43 heavy (non-hydrogen) atoms. The summed E-state index contributed by atoms with van der Waals surface area (Å²) in [6.07, 6.45) is 1.71. The Balaban J connectivity index is 1.22. The predicted molar refractivity (Wildman–Crippen MR) is 154 cm³/mol. The Bertz CT molecular complexity index is 1850. The van der Waals surface area contributed by atoms with Crippen molar-refractivity contribution in [3.63, 3.8) is 0 Å². The maximum atomic E-state index is 14.7. The van der Waals surface area contributed by atoms with Gasteiger partial charge in [-0.15, -0.1) is 5.10 Å². The van der Waals surface area contributed by atoms with E-state index in [1.807, 2.05) is 12.1 Å². The summed E-state index contributed by atoms with van der Waals surface area (Å²) in [6, 6.07) is 15.1. The number of methoxy groups -OCH3 is 2. The van der Waals surface area contributed by atoms with Gasteiger partial charge in [-0.05, 0) is 54.6 Å². The lowest BCUT2D eigenvalue weighted by Crippen LogP contribution is -2.53. The van der Waals surface area contributed by atoms with E-state index in [-0.39, 0.29) is 48.8 Å². The molecule has 10 nitrogen and oxygen atoms in total. The Hall–Kier alpha value is -4.84. The van der Waals surface area contributed by atoms with Crippen LogP contribution >= 0.6 is 11.6 Å². The van der Waals surface area contributed by atoms with Gasteiger partial charge in [0.1, 0.15) is 11.5 Å². The Labute approximate surface area is 249 Å². The fourth-order valence-electron chi connectivity index (χ4n) is 5.35. The topological polar surface area (TPSA) is 115 Å². The Morgan fingerprint density at radius 2 is 1.74 bits per heavy atom. The number of piperidine rings is 1. The van der Waals surface area contributed by atoms with E-state index < -0.39 is 23.1 Å². The summed E-state index contributed by atoms with van der Waals surface area (Å²) < 4.78 is 40.3. The standard InChI is InChI=1S/C30H25ClF2N6O4/c1-42-24-10-8-20(25(32)26(24)33)23-16-39(37-36-23)30(29(41)43-2)11-13-38(14-12-30)28(40)18-5-9-21-22(15-18)35-27(34-21)17-3-6-19(31)7-4-17/h3-10,15-16H,11-14H2,1-2H3,(H,34,35). The van der Waals surface area contributed by atoms with Gasteiger partial charge < -0.3 is 19.4 Å². The van der Waals surface area contributed by atoms with Crippen LogP contribution in [0.3, 0.4) is 0 Å². The number of fused-ring (bicyclic) bond motifs is 1. The van der Waals surface area contributed by atoms with Crippen LogP contribution in [0, 0.1) is 11.6 Å². The second-order valence-corrected chi connectivity index (χ2v) is 10.6. The zero-order chi connectivity index (χ0) is 30.3. The molecule has 3 aromatic carbocycles. The maximum Gasteiger partial charge on any atom is 0.334 e. The first kappa shape index (κ1) is 28.3. The lowest BCUT2D eigenvalue weighted by molar-refractivity contribution is -0.154. The highest BCUT2D eigenvalue weighted by Crippen LogP contribution is 2.35. The molecule has 1 aliphatic heterocycles. The summed E-state index contributed by atoms with van der Waals surface area (Å²) in [5.41, 5.74) is 1.34. The average Bonchev–Trinajstić information content (AvgIpc) is 3.70. The summed E-state index contributed by atoms with van der Waals surface area (Å²) in [7, 11) is 2.50. The fourth-order valence-corrected chi connectivity index (χ4v) is 5.48. The molecule has 0 saturated carbocycles. The van der Waals surface area contributed by atoms with Gasteiger partial charge in [-0.2, -0.15) is 4.39 Å². The van der Waals surface area contributed by atoms with Crippen molar-refractivity contribution in [1.29, 1.82) is 0 Å². The molecule has 13 heteroatoms. The number of nitrogens with zero attached hydrogens (tertiary/aromatic N) is 5. The number of aromatic amines is 1. The number of H-pyrrole nitrogens is 1. The van der Waals surface area contributed by atoms with Crippen LogP contribution in [-0.4, -0.2) is 69.0 Å². The number of hydrogen-bond acceptors (Lipinski definition) is 7. The van der Waals surface area contributed by atoms with E-state index in [0.717, 1.165) is 5.56 Å². The minimum Gasteiger partial charge on any atom is -0.494 e. The minimum atomic E-state index is -1.29. The minimum absolute atomic E-state index is 0.0340. The molecular formula is C30H25ClF2N6O4. The number of halogens is 3. The molecule has 6 rings (SSSR count). The molecule has 0 atom stereocenters. The van der Waals surface area contributed by atoms with E-state index in [9.17, 15) is 18.4 Å². The Morgan fingerprint density at radius 3 is 2.44 bits per heavy atom. The SMILES string of the molecule is COC(=O)C1(n2cc(-c3ccc(OC)c(F)c3F)nn2)CCN(C(=O)c2ccc3nc(-c4ccc(Cl)cc4)[nH]c3c2)CC1. The lowest BCUT2D eigenvalue weighted by Gasteiger charge is -2.39. The summed E-state index contributed by atoms with van der Waals surface area (Å²) in [6.45, 7) is 0.428. The van der Waals surface area contributed by atoms with Crippen molar-refractivity contribution < 1.29 is 27.8 Å². The first-order chi connectivity index (χ1) is 20.7. The number of hydrogen-bond donors (Lipinski definition) is 1. The van der Waals surface area contributed by atoms with Crippen molar-refractivity contribution in [2.75, 3.05) is 27.3 Å². The summed E-state index contributed by atoms with van der Waals surface area (Å²) in [5.74, 6) is -2.68. The molecule has 0 bridgehead atoms. The molecule has 0 spiro atoms. The third-order valence-corrected chi connectivity index (χ3v) is 8.02. The van der Waals surface area contributed by atoms with E-state index in [1.54, 1.807) is 35.2 Å². The van der Waals surface area contributed by atoms with E-state index in [2.05, 4.69) is 20.3 Å². The van der Waals surface area contributed by atoms with Gasteiger partial charge in [0.25, 0.3) is 5.91 Å². The van der Waals surface area contributed by atoms with Crippen LogP contribution in [-0.2, 0) is 15.1 Å². The molecule has 0 radical (unpaired) electrons. The molecule has 5 aromatic rings. The zero-order valence-electron chi connectivity index (χ0n) is 23.1. The number of aromatic nitrogens is 5. The van der Waals surface area contributed by atoms with Crippen LogP contribution in [0.5, 0.6) is 5.75 Å². The van der Waals surface area contributed by atoms with E-state index in [0.29, 0.717) is 27.4 Å². The highest BCUT2D eigenvalue weighted by molar-refractivity contribution is 6.30. The van der Waals surface area contributed by atoms with Gasteiger partial charge in [0.05, 0.1) is 31.4 Å². The molecule has 1 fully saturated rings. The fraction of sp³-hybridized carbons (Fsp3) is 0.233. The number of nitrogens with one attached hydrogen (secondary N) is 1. The second kappa shape index (κ2) is 11.1. The molecule has 1 N–H and O–H groups in total. The maximum absolute atomic E-state index is 14.7. The molecule has 1 saturated heterocycles. The molecule has 1 aliphatic rings. The van der Waals surface area contributed by atoms with Crippen molar-refractivity contribution in [3.8, 4) is 28.4 Å². The number of carbonyl (C=O) groups is 2. The first-order valence-electron chi connectivity index (χ1n) is 13.3. The van der Waals surface area contributed by atoms with Gasteiger partial charge in [-0.3, -0.25) is 4.79 Å². The molecule has 1 amide bonds. The number of rotatable bonds is 6. The van der Waals surface area contributed by atoms with Crippen molar-refractivity contribution >= 4 is 34.5 Å². The highest BCUT2D eigenvalue weighted by atomic mass is 35.5. The molecule has 0 unspecified atom stereocenters. The number of imidazole rings is 1. The molecule has 3 heterocycles. The van der Waals surface area contributed by atoms with Gasteiger partial charge in [-0.1, -0.05) is 16.8 Å². The number of ether oxygens (including phenoxy) is 2. The van der Waals surface area contributed by atoms with Crippen LogP contribution in [0.25, 0.3) is 33.7 Å². The third-order valence-electron chi connectivity index (χ3n) is 7.76. The van der Waals surface area contributed by atoms with Gasteiger partial charge in [-0.25, -0.2) is 18.9 Å². The highest BCUT2D eigenvalue weighted by Gasteiger charge is 2.46. The number of likely N-dealkylation sites (tertiary alicyclic amines) is 1. The van der Waals surface area contributed by atoms with Crippen molar-refractivity contribution in [1.82, 2.24) is 29.9 Å². The average molecular weight is 607 g/mol. The van der Waals surface area contributed by atoms with Crippen LogP contribution in [0.2, 0.25) is 5.02 Å². The monoisotopic (exact) mass is 606 g/mol. The number of amides is 1. The predicted octanol–water partition coefficient (Wildman–Crippen LogP) is 5.23. The molecule has 220 valence electrons. The zero-order valence-corrected chi connectivity index (χ0v) is 23.9. The largest absolute Gasteiger partial charge is 0.494 e. The lowest BCUT2D eigenvalue weighted by atomic mass is 9.87. The molecule has 0 aliphatic carbocycles. The van der Waals surface area contributed by atoms with Gasteiger partial charge in [0.2, 0.25) is 5.82 Å². The Kier molecular flexibility index (Phi) is 7.30. The van der Waals surface area contributed by atoms with Crippen molar-refractivity contribution in [2.24, 2.45) is 0 Å². The first-order valence-corrected chi connectivity index (χ1v) is 13.7. The van der Waals surface area contributed by atoms with Crippen LogP contribution in [0.15, 0.2) is 60.8 Å². The van der Waals surface area contributed by atoms with Gasteiger partial charge in [0.15, 0.2) is 17.1 Å². The normalized spacial score (nSPS) is 14.6. The van der Waals surface area contributed by atoms with E-state index >= 15 is 0 Å². The van der Waals surface area contributed by atoms with Crippen LogP contribution in [0.4, 0.5) is 8.78 Å². The summed E-state index contributed by atoms with van der Waals surface area (Å²) in [5, 5.41) is 8.71. The second-order valence-electron chi connectivity index (χ2n) is 10.1. The van der Waals surface area contributed by atoms with Gasteiger partial charge >= 0.3 is 5.97 Å². The number of carbonyl (C=O) groups excluding carboxylic acids is 2. The van der Waals surface area contributed by atoms with E-state index in [1.165, 1.54) is 37.2 Å². The quantitative estimate of drug-likeness (QED) is 0.263. The Morgan fingerprint density at radius 1 is 1.00 bits per heavy atom. The number of esters is 1. The van der Waals surface area contributed by atoms with Gasteiger partial charge in [0, 0.05) is 47.6 Å². The summed E-state index contributed by atoms with van der Waals surface area (Å²) >= 11 is 6.00. The molecular weight excluding hydrogens is 582 g/mol.